The van der Waals surface area contributed by atoms with Gasteiger partial charge in [0.15, 0.2) is 5.17 Å². The number of hydrogen-bond donors (Lipinski definition) is 0. The molecule has 0 bridgehead atoms. The molecule has 4 aromatic rings. The van der Waals surface area contributed by atoms with E-state index >= 15 is 0 Å². The molecule has 4 aromatic carbocycles. The van der Waals surface area contributed by atoms with Gasteiger partial charge in [-0.2, -0.15) is 0 Å². The van der Waals surface area contributed by atoms with Gasteiger partial charge in [0.05, 0.1) is 16.3 Å². The Balaban J connectivity index is 1.50. The standard InChI is InChI=1S/C29H18BrCl2FN2O2S/c30-20-4-13-26(37-17-18-2-1-3-23(33)14-18)19(15-20)16-27-28(36)35(25-11-7-22(32)8-12-25)29(38-27)34-24-9-5-21(31)6-10-24/h1-16H,17H2/b27-16-,34-29?. The van der Waals surface area contributed by atoms with Crippen LogP contribution in [0, 0.1) is 5.82 Å². The number of anilines is 1. The highest BCUT2D eigenvalue weighted by atomic mass is 79.9. The number of benzene rings is 4. The molecule has 1 saturated heterocycles. The predicted octanol–water partition coefficient (Wildman–Crippen LogP) is 9.28. The Kier molecular flexibility index (Phi) is 8.19. The molecular weight excluding hydrogens is 610 g/mol. The highest BCUT2D eigenvalue weighted by Crippen LogP contribution is 2.39. The van der Waals surface area contributed by atoms with E-state index in [1.807, 2.05) is 12.1 Å². The largest absolute Gasteiger partial charge is 0.488 e. The summed E-state index contributed by atoms with van der Waals surface area (Å²) >= 11 is 16.9. The molecule has 0 atom stereocenters. The van der Waals surface area contributed by atoms with E-state index in [-0.39, 0.29) is 18.3 Å². The molecule has 1 heterocycles. The monoisotopic (exact) mass is 626 g/mol. The lowest BCUT2D eigenvalue weighted by atomic mass is 10.1. The second kappa shape index (κ2) is 11.7. The lowest BCUT2D eigenvalue weighted by Crippen LogP contribution is -2.28. The summed E-state index contributed by atoms with van der Waals surface area (Å²) in [5.41, 5.74) is 2.69. The molecule has 1 aliphatic rings. The molecule has 0 aromatic heterocycles. The van der Waals surface area contributed by atoms with Crippen LogP contribution in [0.25, 0.3) is 6.08 Å². The molecule has 0 spiro atoms. The van der Waals surface area contributed by atoms with E-state index < -0.39 is 0 Å². The van der Waals surface area contributed by atoms with Gasteiger partial charge >= 0.3 is 0 Å². The molecule has 0 aliphatic carbocycles. The minimum atomic E-state index is -0.327. The van der Waals surface area contributed by atoms with Crippen molar-refractivity contribution in [1.29, 1.82) is 0 Å². The van der Waals surface area contributed by atoms with Crippen LogP contribution >= 0.6 is 50.9 Å². The van der Waals surface area contributed by atoms with Gasteiger partial charge in [-0.05, 0) is 102 Å². The highest BCUT2D eigenvalue weighted by Gasteiger charge is 2.35. The van der Waals surface area contributed by atoms with Crippen LogP contribution in [0.5, 0.6) is 5.75 Å². The Morgan fingerprint density at radius 3 is 2.37 bits per heavy atom. The zero-order valence-corrected chi connectivity index (χ0v) is 23.5. The Morgan fingerprint density at radius 2 is 1.66 bits per heavy atom. The summed E-state index contributed by atoms with van der Waals surface area (Å²) in [7, 11) is 0. The number of amidine groups is 1. The second-order valence-corrected chi connectivity index (χ2v) is 11.0. The first-order valence-corrected chi connectivity index (χ1v) is 13.7. The molecule has 1 amide bonds. The fraction of sp³-hybridized carbons (Fsp3) is 0.0345. The van der Waals surface area contributed by atoms with Crippen molar-refractivity contribution in [1.82, 2.24) is 0 Å². The lowest BCUT2D eigenvalue weighted by Gasteiger charge is -2.15. The van der Waals surface area contributed by atoms with Gasteiger partial charge in [-0.3, -0.25) is 9.69 Å². The van der Waals surface area contributed by atoms with Crippen LogP contribution < -0.4 is 9.64 Å². The second-order valence-electron chi connectivity index (χ2n) is 8.20. The van der Waals surface area contributed by atoms with Crippen LogP contribution in [-0.4, -0.2) is 11.1 Å². The van der Waals surface area contributed by atoms with Gasteiger partial charge < -0.3 is 4.74 Å². The van der Waals surface area contributed by atoms with Gasteiger partial charge in [0.1, 0.15) is 18.2 Å². The molecule has 0 N–H and O–H groups in total. The number of halogens is 4. The number of thioether (sulfide) groups is 1. The molecule has 0 saturated carbocycles. The van der Waals surface area contributed by atoms with E-state index in [4.69, 9.17) is 32.9 Å². The number of hydrogen-bond acceptors (Lipinski definition) is 4. The van der Waals surface area contributed by atoms with E-state index in [1.165, 1.54) is 23.9 Å². The number of carbonyl (C=O) groups excluding carboxylic acids is 1. The fourth-order valence-electron chi connectivity index (χ4n) is 3.69. The molecule has 5 rings (SSSR count). The van der Waals surface area contributed by atoms with E-state index in [2.05, 4.69) is 15.9 Å². The molecule has 0 radical (unpaired) electrons. The number of ether oxygens (including phenoxy) is 1. The predicted molar refractivity (Wildman–Crippen MR) is 158 cm³/mol. The van der Waals surface area contributed by atoms with Crippen molar-refractivity contribution in [3.05, 3.63) is 127 Å². The van der Waals surface area contributed by atoms with Crippen molar-refractivity contribution < 1.29 is 13.9 Å². The van der Waals surface area contributed by atoms with Crippen molar-refractivity contribution in [2.24, 2.45) is 4.99 Å². The van der Waals surface area contributed by atoms with Crippen LogP contribution in [0.2, 0.25) is 10.0 Å². The number of rotatable bonds is 6. The molecular formula is C29H18BrCl2FN2O2S. The van der Waals surface area contributed by atoms with Crippen LogP contribution in [0.4, 0.5) is 15.8 Å². The minimum absolute atomic E-state index is 0.177. The maximum atomic E-state index is 13.7. The van der Waals surface area contributed by atoms with Crippen LogP contribution in [0.1, 0.15) is 11.1 Å². The van der Waals surface area contributed by atoms with Gasteiger partial charge in [0.25, 0.3) is 5.91 Å². The zero-order valence-electron chi connectivity index (χ0n) is 19.6. The normalized spacial score (nSPS) is 15.5. The van der Waals surface area contributed by atoms with Crippen molar-refractivity contribution >= 4 is 79.4 Å². The molecule has 1 aliphatic heterocycles. The van der Waals surface area contributed by atoms with E-state index in [0.29, 0.717) is 48.4 Å². The van der Waals surface area contributed by atoms with Crippen LogP contribution in [-0.2, 0) is 11.4 Å². The summed E-state index contributed by atoms with van der Waals surface area (Å²) < 4.78 is 20.4. The van der Waals surface area contributed by atoms with Gasteiger partial charge in [-0.15, -0.1) is 0 Å². The average Bonchev–Trinajstić information content (AvgIpc) is 3.19. The first kappa shape index (κ1) is 26.5. The topological polar surface area (TPSA) is 41.9 Å². The van der Waals surface area contributed by atoms with E-state index in [0.717, 1.165) is 4.47 Å². The van der Waals surface area contributed by atoms with Crippen molar-refractivity contribution in [2.45, 2.75) is 6.61 Å². The minimum Gasteiger partial charge on any atom is -0.488 e. The quantitative estimate of drug-likeness (QED) is 0.200. The van der Waals surface area contributed by atoms with E-state index in [1.54, 1.807) is 77.7 Å². The summed E-state index contributed by atoms with van der Waals surface area (Å²) in [6.07, 6.45) is 1.77. The highest BCUT2D eigenvalue weighted by molar-refractivity contribution is 9.10. The van der Waals surface area contributed by atoms with Crippen molar-refractivity contribution in [3.8, 4) is 5.75 Å². The summed E-state index contributed by atoms with van der Waals surface area (Å²) in [6, 6.07) is 25.8. The number of aliphatic imine (C=N–C) groups is 1. The maximum absolute atomic E-state index is 13.7. The molecule has 9 heteroatoms. The Morgan fingerprint density at radius 1 is 0.947 bits per heavy atom. The first-order valence-electron chi connectivity index (χ1n) is 11.4. The van der Waals surface area contributed by atoms with Gasteiger partial charge in [0.2, 0.25) is 0 Å². The van der Waals surface area contributed by atoms with Gasteiger partial charge in [-0.25, -0.2) is 9.38 Å². The molecule has 0 unspecified atom stereocenters. The molecule has 190 valence electrons. The summed E-state index contributed by atoms with van der Waals surface area (Å²) in [4.78, 5) is 20.4. The van der Waals surface area contributed by atoms with Crippen LogP contribution in [0.3, 0.4) is 0 Å². The third-order valence-corrected chi connectivity index (χ3v) is 7.45. The zero-order chi connectivity index (χ0) is 26.6. The fourth-order valence-corrected chi connectivity index (χ4v) is 5.31. The number of nitrogens with zero attached hydrogens (tertiary/aromatic N) is 2. The lowest BCUT2D eigenvalue weighted by molar-refractivity contribution is -0.113. The smallest absolute Gasteiger partial charge is 0.271 e. The van der Waals surface area contributed by atoms with Crippen molar-refractivity contribution in [3.63, 3.8) is 0 Å². The maximum Gasteiger partial charge on any atom is 0.271 e. The number of amides is 1. The molecule has 4 nitrogen and oxygen atoms in total. The first-order chi connectivity index (χ1) is 18.4. The SMILES string of the molecule is O=C1/C(=C/c2cc(Br)ccc2OCc2cccc(F)c2)SC(=Nc2ccc(Cl)cc2)N1c1ccc(Cl)cc1. The Hall–Kier alpha value is -3.10. The Labute approximate surface area is 241 Å². The summed E-state index contributed by atoms with van der Waals surface area (Å²) in [6.45, 7) is 0.177. The number of carbonyl (C=O) groups is 1. The third kappa shape index (κ3) is 6.30. The molecule has 1 fully saturated rings. The average molecular weight is 628 g/mol. The van der Waals surface area contributed by atoms with Crippen LogP contribution in [0.15, 0.2) is 105 Å². The third-order valence-electron chi connectivity index (χ3n) is 5.48. The summed E-state index contributed by atoms with van der Waals surface area (Å²) in [5.74, 6) is -0.00687. The van der Waals surface area contributed by atoms with Gasteiger partial charge in [0, 0.05) is 20.1 Å². The summed E-state index contributed by atoms with van der Waals surface area (Å²) in [5, 5.41) is 1.65. The van der Waals surface area contributed by atoms with Crippen molar-refractivity contribution in [2.75, 3.05) is 4.90 Å². The Bertz CT molecular complexity index is 1560. The van der Waals surface area contributed by atoms with E-state index in [9.17, 15) is 9.18 Å². The molecule has 38 heavy (non-hydrogen) atoms. The van der Waals surface area contributed by atoms with Gasteiger partial charge in [-0.1, -0.05) is 51.3 Å².